The second-order valence-electron chi connectivity index (χ2n) is 6.58. The maximum Gasteiger partial charge on any atom is 0.329 e. The Balaban J connectivity index is 1.83. The maximum absolute atomic E-state index is 12.8. The third-order valence-corrected chi connectivity index (χ3v) is 6.50. The van der Waals surface area contributed by atoms with Crippen molar-refractivity contribution >= 4 is 73.5 Å². The van der Waals surface area contributed by atoms with Gasteiger partial charge < -0.3 is 9.47 Å². The van der Waals surface area contributed by atoms with Crippen molar-refractivity contribution in [2.24, 2.45) is 0 Å². The molecule has 0 unspecified atom stereocenters. The molecule has 2 amide bonds. The number of rotatable bonds is 7. The summed E-state index contributed by atoms with van der Waals surface area (Å²) in [6, 6.07) is 12.4. The zero-order valence-electron chi connectivity index (χ0n) is 16.8. The SMILES string of the molecule is CCOC(=O)[C@H](C)N1C(=O)S/C(=C/c2cc(Br)ccc2OCc2ccc(I)cc2)C1=O. The molecule has 0 N–H and O–H groups in total. The van der Waals surface area contributed by atoms with Crippen molar-refractivity contribution < 1.29 is 23.9 Å². The highest BCUT2D eigenvalue weighted by molar-refractivity contribution is 14.1. The van der Waals surface area contributed by atoms with Gasteiger partial charge in [0.2, 0.25) is 0 Å². The van der Waals surface area contributed by atoms with Gasteiger partial charge in [-0.05, 0) is 90.2 Å². The highest BCUT2D eigenvalue weighted by Gasteiger charge is 2.41. The smallest absolute Gasteiger partial charge is 0.329 e. The second-order valence-corrected chi connectivity index (χ2v) is 9.73. The van der Waals surface area contributed by atoms with E-state index in [0.717, 1.165) is 30.3 Å². The molecule has 0 aliphatic carbocycles. The van der Waals surface area contributed by atoms with Crippen molar-refractivity contribution in [1.82, 2.24) is 4.90 Å². The largest absolute Gasteiger partial charge is 0.488 e. The lowest BCUT2D eigenvalue weighted by molar-refractivity contribution is -0.150. The average Bonchev–Trinajstić information content (AvgIpc) is 3.01. The molecule has 1 aliphatic rings. The molecule has 1 atom stereocenters. The van der Waals surface area contributed by atoms with E-state index >= 15 is 0 Å². The Hall–Kier alpha value is -1.85. The predicted octanol–water partition coefficient (Wildman–Crippen LogP) is 5.62. The molecular weight excluding hydrogens is 597 g/mol. The summed E-state index contributed by atoms with van der Waals surface area (Å²) in [5.41, 5.74) is 1.66. The molecule has 3 rings (SSSR count). The maximum atomic E-state index is 12.8. The van der Waals surface area contributed by atoms with Gasteiger partial charge in [-0.25, -0.2) is 4.79 Å². The van der Waals surface area contributed by atoms with Crippen LogP contribution >= 0.6 is 50.3 Å². The Morgan fingerprint density at radius 1 is 1.23 bits per heavy atom. The molecule has 0 radical (unpaired) electrons. The van der Waals surface area contributed by atoms with Gasteiger partial charge in [-0.1, -0.05) is 28.1 Å². The van der Waals surface area contributed by atoms with E-state index in [1.54, 1.807) is 19.1 Å². The molecule has 0 aromatic heterocycles. The van der Waals surface area contributed by atoms with Gasteiger partial charge in [-0.3, -0.25) is 14.5 Å². The van der Waals surface area contributed by atoms with Crippen LogP contribution in [0.3, 0.4) is 0 Å². The predicted molar refractivity (Wildman–Crippen MR) is 132 cm³/mol. The molecule has 9 heteroatoms. The summed E-state index contributed by atoms with van der Waals surface area (Å²) in [5, 5.41) is -0.506. The Kier molecular flexibility index (Phi) is 8.17. The number of esters is 1. The number of thioether (sulfide) groups is 1. The third kappa shape index (κ3) is 5.89. The van der Waals surface area contributed by atoms with Gasteiger partial charge in [-0.2, -0.15) is 0 Å². The van der Waals surface area contributed by atoms with Crippen molar-refractivity contribution in [3.8, 4) is 5.75 Å². The number of halogens is 2. The molecule has 2 aromatic rings. The van der Waals surface area contributed by atoms with Gasteiger partial charge in [0.15, 0.2) is 0 Å². The van der Waals surface area contributed by atoms with Crippen LogP contribution in [0, 0.1) is 3.57 Å². The minimum Gasteiger partial charge on any atom is -0.488 e. The first-order chi connectivity index (χ1) is 14.8. The molecule has 1 fully saturated rings. The summed E-state index contributed by atoms with van der Waals surface area (Å²) in [6.45, 7) is 3.69. The summed E-state index contributed by atoms with van der Waals surface area (Å²) < 4.78 is 12.9. The zero-order chi connectivity index (χ0) is 22.5. The van der Waals surface area contributed by atoms with Crippen LogP contribution < -0.4 is 4.74 Å². The van der Waals surface area contributed by atoms with Crippen molar-refractivity contribution in [2.45, 2.75) is 26.5 Å². The van der Waals surface area contributed by atoms with E-state index in [4.69, 9.17) is 9.47 Å². The third-order valence-electron chi connectivity index (χ3n) is 4.40. The molecule has 0 spiro atoms. The first-order valence-electron chi connectivity index (χ1n) is 9.40. The van der Waals surface area contributed by atoms with Gasteiger partial charge in [0.25, 0.3) is 11.1 Å². The number of carbonyl (C=O) groups is 3. The van der Waals surface area contributed by atoms with Crippen LogP contribution in [-0.2, 0) is 20.9 Å². The topological polar surface area (TPSA) is 72.9 Å². The standard InChI is InChI=1S/C22H19BrINO5S/c1-3-29-21(27)13(2)25-20(26)19(31-22(25)28)11-15-10-16(23)6-9-18(15)30-12-14-4-7-17(24)8-5-14/h4-11,13H,3,12H2,1-2H3/b19-11+/t13-/m0/s1. The van der Waals surface area contributed by atoms with Crippen molar-refractivity contribution in [1.29, 1.82) is 0 Å². The number of ether oxygens (including phenoxy) is 2. The van der Waals surface area contributed by atoms with Crippen LogP contribution in [0.1, 0.15) is 25.0 Å². The Morgan fingerprint density at radius 3 is 2.61 bits per heavy atom. The normalized spacial score (nSPS) is 16.0. The summed E-state index contributed by atoms with van der Waals surface area (Å²) in [5.74, 6) is -0.568. The van der Waals surface area contributed by atoms with E-state index in [9.17, 15) is 14.4 Å². The number of nitrogens with zero attached hydrogens (tertiary/aromatic N) is 1. The average molecular weight is 616 g/mol. The summed E-state index contributed by atoms with van der Waals surface area (Å²) in [6.07, 6.45) is 1.61. The summed E-state index contributed by atoms with van der Waals surface area (Å²) in [7, 11) is 0. The monoisotopic (exact) mass is 615 g/mol. The van der Waals surface area contributed by atoms with Gasteiger partial charge in [0.05, 0.1) is 11.5 Å². The molecule has 162 valence electrons. The fraction of sp³-hybridized carbons (Fsp3) is 0.227. The van der Waals surface area contributed by atoms with Gasteiger partial charge in [0.1, 0.15) is 18.4 Å². The molecule has 0 saturated carbocycles. The molecule has 0 bridgehead atoms. The van der Waals surface area contributed by atoms with Gasteiger partial charge in [0, 0.05) is 13.6 Å². The molecule has 1 saturated heterocycles. The molecule has 1 heterocycles. The van der Waals surface area contributed by atoms with E-state index in [-0.39, 0.29) is 11.5 Å². The van der Waals surface area contributed by atoms with Crippen LogP contribution in [0.25, 0.3) is 6.08 Å². The number of hydrogen-bond acceptors (Lipinski definition) is 6. The van der Waals surface area contributed by atoms with E-state index in [2.05, 4.69) is 38.5 Å². The van der Waals surface area contributed by atoms with Crippen LogP contribution in [0.15, 0.2) is 51.8 Å². The second kappa shape index (κ2) is 10.6. The first kappa shape index (κ1) is 23.8. The highest BCUT2D eigenvalue weighted by Crippen LogP contribution is 2.36. The highest BCUT2D eigenvalue weighted by atomic mass is 127. The van der Waals surface area contributed by atoms with Crippen molar-refractivity contribution in [2.75, 3.05) is 6.61 Å². The molecule has 1 aliphatic heterocycles. The fourth-order valence-electron chi connectivity index (χ4n) is 2.83. The van der Waals surface area contributed by atoms with E-state index in [0.29, 0.717) is 17.9 Å². The number of hydrogen-bond donors (Lipinski definition) is 0. The van der Waals surface area contributed by atoms with Gasteiger partial charge >= 0.3 is 5.97 Å². The number of imide groups is 1. The van der Waals surface area contributed by atoms with E-state index in [1.807, 2.05) is 36.4 Å². The van der Waals surface area contributed by atoms with Crippen LogP contribution in [0.2, 0.25) is 0 Å². The summed E-state index contributed by atoms with van der Waals surface area (Å²) >= 11 is 6.46. The lowest BCUT2D eigenvalue weighted by Gasteiger charge is -2.19. The van der Waals surface area contributed by atoms with Crippen molar-refractivity contribution in [3.63, 3.8) is 0 Å². The number of carbonyl (C=O) groups excluding carboxylic acids is 3. The zero-order valence-corrected chi connectivity index (χ0v) is 21.3. The quantitative estimate of drug-likeness (QED) is 0.229. The lowest BCUT2D eigenvalue weighted by atomic mass is 10.1. The Labute approximate surface area is 206 Å². The first-order valence-corrected chi connectivity index (χ1v) is 12.1. The minimum atomic E-state index is -0.988. The molecular formula is C22H19BrINO5S. The van der Waals surface area contributed by atoms with Crippen LogP contribution in [-0.4, -0.2) is 34.7 Å². The van der Waals surface area contributed by atoms with Gasteiger partial charge in [-0.15, -0.1) is 0 Å². The van der Waals surface area contributed by atoms with E-state index < -0.39 is 23.2 Å². The summed E-state index contributed by atoms with van der Waals surface area (Å²) in [4.78, 5) is 38.4. The molecule has 31 heavy (non-hydrogen) atoms. The van der Waals surface area contributed by atoms with Crippen LogP contribution in [0.5, 0.6) is 5.75 Å². The Morgan fingerprint density at radius 2 is 1.94 bits per heavy atom. The fourth-order valence-corrected chi connectivity index (χ4v) is 4.47. The lowest BCUT2D eigenvalue weighted by Crippen LogP contribution is -2.42. The number of benzene rings is 2. The Bertz CT molecular complexity index is 1040. The van der Waals surface area contributed by atoms with Crippen LogP contribution in [0.4, 0.5) is 4.79 Å². The minimum absolute atomic E-state index is 0.175. The van der Waals surface area contributed by atoms with Crippen molar-refractivity contribution in [3.05, 3.63) is 66.5 Å². The van der Waals surface area contributed by atoms with E-state index in [1.165, 1.54) is 6.92 Å². The molecule has 2 aromatic carbocycles. The number of amides is 2. The molecule has 6 nitrogen and oxygen atoms in total.